The lowest BCUT2D eigenvalue weighted by Crippen LogP contribution is -2.47. The third-order valence-electron chi connectivity index (χ3n) is 5.08. The molecule has 0 spiro atoms. The van der Waals surface area contributed by atoms with Gasteiger partial charge in [0.1, 0.15) is 5.75 Å². The Morgan fingerprint density at radius 3 is 2.52 bits per heavy atom. The largest absolute Gasteiger partial charge is 0.494 e. The van der Waals surface area contributed by atoms with E-state index in [2.05, 4.69) is 42.3 Å². The SMILES string of the molecule is CCNC(=NCCCOc1ccccc1)NCCCN1CCN(c2ncccn2)CC1. The molecule has 1 fully saturated rings. The Morgan fingerprint density at radius 1 is 1.00 bits per heavy atom. The van der Waals surface area contributed by atoms with Gasteiger partial charge in [0.05, 0.1) is 6.61 Å². The molecule has 1 saturated heterocycles. The van der Waals surface area contributed by atoms with E-state index in [1.807, 2.05) is 36.4 Å². The minimum atomic E-state index is 0.674. The molecule has 1 aromatic heterocycles. The van der Waals surface area contributed by atoms with Crippen molar-refractivity contribution in [3.63, 3.8) is 0 Å². The molecule has 0 radical (unpaired) electrons. The second-order valence-electron chi connectivity index (χ2n) is 7.43. The van der Waals surface area contributed by atoms with Crippen molar-refractivity contribution in [2.45, 2.75) is 19.8 Å². The number of nitrogens with zero attached hydrogens (tertiary/aromatic N) is 5. The Hall–Kier alpha value is -2.87. The molecule has 0 unspecified atom stereocenters. The van der Waals surface area contributed by atoms with Gasteiger partial charge in [-0.25, -0.2) is 9.97 Å². The molecule has 8 nitrogen and oxygen atoms in total. The Bertz CT molecular complexity index is 749. The van der Waals surface area contributed by atoms with Crippen molar-refractivity contribution >= 4 is 11.9 Å². The summed E-state index contributed by atoms with van der Waals surface area (Å²) in [7, 11) is 0. The number of nitrogens with one attached hydrogen (secondary N) is 2. The highest BCUT2D eigenvalue weighted by Crippen LogP contribution is 2.10. The minimum Gasteiger partial charge on any atom is -0.494 e. The lowest BCUT2D eigenvalue weighted by Gasteiger charge is -2.34. The molecule has 168 valence electrons. The summed E-state index contributed by atoms with van der Waals surface area (Å²) in [5, 5.41) is 6.76. The van der Waals surface area contributed by atoms with Crippen LogP contribution in [0.4, 0.5) is 5.95 Å². The summed E-state index contributed by atoms with van der Waals surface area (Å²) in [6.07, 6.45) is 5.59. The average molecular weight is 426 g/mol. The van der Waals surface area contributed by atoms with Gasteiger partial charge in [-0.05, 0) is 38.1 Å². The molecule has 2 heterocycles. The van der Waals surface area contributed by atoms with Crippen LogP contribution in [0.25, 0.3) is 0 Å². The van der Waals surface area contributed by atoms with Gasteiger partial charge < -0.3 is 20.3 Å². The zero-order valence-corrected chi connectivity index (χ0v) is 18.5. The summed E-state index contributed by atoms with van der Waals surface area (Å²) in [5.74, 6) is 2.63. The second kappa shape index (κ2) is 13.4. The van der Waals surface area contributed by atoms with Gasteiger partial charge in [0.2, 0.25) is 5.95 Å². The summed E-state index contributed by atoms with van der Waals surface area (Å²) >= 11 is 0. The van der Waals surface area contributed by atoms with Crippen molar-refractivity contribution in [1.29, 1.82) is 0 Å². The molecule has 1 aliphatic heterocycles. The predicted molar refractivity (Wildman–Crippen MR) is 126 cm³/mol. The van der Waals surface area contributed by atoms with Crippen molar-refractivity contribution in [3.8, 4) is 5.75 Å². The fourth-order valence-corrected chi connectivity index (χ4v) is 3.44. The van der Waals surface area contributed by atoms with Gasteiger partial charge in [-0.2, -0.15) is 0 Å². The van der Waals surface area contributed by atoms with Crippen molar-refractivity contribution in [3.05, 3.63) is 48.8 Å². The molecule has 0 bridgehead atoms. The molecule has 0 atom stereocenters. The van der Waals surface area contributed by atoms with Crippen LogP contribution in [-0.4, -0.2) is 79.8 Å². The Balaban J connectivity index is 1.27. The van der Waals surface area contributed by atoms with Crippen molar-refractivity contribution in [2.75, 3.05) is 63.9 Å². The van der Waals surface area contributed by atoms with Crippen LogP contribution in [0.2, 0.25) is 0 Å². The normalized spacial score (nSPS) is 15.0. The molecule has 2 aromatic rings. The Kier molecular flexibility index (Phi) is 9.89. The van der Waals surface area contributed by atoms with Gasteiger partial charge in [-0.3, -0.25) is 9.89 Å². The zero-order valence-electron chi connectivity index (χ0n) is 18.5. The molecule has 31 heavy (non-hydrogen) atoms. The Labute approximate surface area is 185 Å². The highest BCUT2D eigenvalue weighted by atomic mass is 16.5. The second-order valence-corrected chi connectivity index (χ2v) is 7.43. The summed E-state index contributed by atoms with van der Waals surface area (Å²) in [6, 6.07) is 11.8. The van der Waals surface area contributed by atoms with Crippen LogP contribution in [0.15, 0.2) is 53.8 Å². The maximum absolute atomic E-state index is 5.72. The van der Waals surface area contributed by atoms with Crippen molar-refractivity contribution in [1.82, 2.24) is 25.5 Å². The van der Waals surface area contributed by atoms with Crippen molar-refractivity contribution < 1.29 is 4.74 Å². The summed E-state index contributed by atoms with van der Waals surface area (Å²) in [5.41, 5.74) is 0. The molecular formula is C23H35N7O. The molecule has 0 amide bonds. The van der Waals surface area contributed by atoms with E-state index in [9.17, 15) is 0 Å². The number of piperazine rings is 1. The monoisotopic (exact) mass is 425 g/mol. The van der Waals surface area contributed by atoms with E-state index in [1.54, 1.807) is 12.4 Å². The number of aliphatic imine (C=N–C) groups is 1. The summed E-state index contributed by atoms with van der Waals surface area (Å²) in [6.45, 7) is 10.4. The van der Waals surface area contributed by atoms with Crippen LogP contribution in [0.1, 0.15) is 19.8 Å². The van der Waals surface area contributed by atoms with Crippen LogP contribution in [0, 0.1) is 0 Å². The van der Waals surface area contributed by atoms with E-state index in [0.29, 0.717) is 6.61 Å². The number of anilines is 1. The first-order valence-electron chi connectivity index (χ1n) is 11.3. The molecular weight excluding hydrogens is 390 g/mol. The lowest BCUT2D eigenvalue weighted by molar-refractivity contribution is 0.254. The quantitative estimate of drug-likeness (QED) is 0.324. The van der Waals surface area contributed by atoms with Crippen molar-refractivity contribution in [2.24, 2.45) is 4.99 Å². The first kappa shape index (κ1) is 22.8. The van der Waals surface area contributed by atoms with Gasteiger partial charge in [-0.15, -0.1) is 0 Å². The fourth-order valence-electron chi connectivity index (χ4n) is 3.44. The predicted octanol–water partition coefficient (Wildman–Crippen LogP) is 2.01. The van der Waals surface area contributed by atoms with Crippen LogP contribution >= 0.6 is 0 Å². The van der Waals surface area contributed by atoms with E-state index in [4.69, 9.17) is 4.74 Å². The van der Waals surface area contributed by atoms with E-state index in [-0.39, 0.29) is 0 Å². The lowest BCUT2D eigenvalue weighted by atomic mass is 10.3. The minimum absolute atomic E-state index is 0.674. The van der Waals surface area contributed by atoms with Crippen LogP contribution in [0.3, 0.4) is 0 Å². The van der Waals surface area contributed by atoms with Crippen LogP contribution < -0.4 is 20.3 Å². The molecule has 2 N–H and O–H groups in total. The number of para-hydroxylation sites is 1. The standard InChI is InChI=1S/C23H35N7O/c1-2-24-22(26-14-8-20-31-21-9-4-3-5-10-21)25-13-7-15-29-16-18-30(19-17-29)23-27-11-6-12-28-23/h3-6,9-12H,2,7-8,13-20H2,1H3,(H2,24,25,26). The fraction of sp³-hybridized carbons (Fsp3) is 0.522. The third-order valence-corrected chi connectivity index (χ3v) is 5.08. The number of guanidine groups is 1. The van der Waals surface area contributed by atoms with E-state index < -0.39 is 0 Å². The van der Waals surface area contributed by atoms with E-state index in [1.165, 1.54) is 0 Å². The van der Waals surface area contributed by atoms with E-state index >= 15 is 0 Å². The smallest absolute Gasteiger partial charge is 0.225 e. The van der Waals surface area contributed by atoms with Gasteiger partial charge in [0, 0.05) is 64.6 Å². The number of aromatic nitrogens is 2. The van der Waals surface area contributed by atoms with Crippen LogP contribution in [0.5, 0.6) is 5.75 Å². The van der Waals surface area contributed by atoms with Gasteiger partial charge in [0.25, 0.3) is 0 Å². The molecule has 0 aliphatic carbocycles. The number of benzene rings is 1. The number of rotatable bonds is 11. The van der Waals surface area contributed by atoms with Gasteiger partial charge in [-0.1, -0.05) is 18.2 Å². The molecule has 3 rings (SSSR count). The average Bonchev–Trinajstić information content (AvgIpc) is 2.83. The summed E-state index contributed by atoms with van der Waals surface area (Å²) in [4.78, 5) is 18.1. The molecule has 8 heteroatoms. The topological polar surface area (TPSA) is 77.9 Å². The number of ether oxygens (including phenoxy) is 1. The maximum Gasteiger partial charge on any atom is 0.225 e. The molecule has 1 aliphatic rings. The third kappa shape index (κ3) is 8.41. The molecule has 1 aromatic carbocycles. The van der Waals surface area contributed by atoms with Gasteiger partial charge in [0.15, 0.2) is 5.96 Å². The highest BCUT2D eigenvalue weighted by Gasteiger charge is 2.18. The van der Waals surface area contributed by atoms with E-state index in [0.717, 1.165) is 82.9 Å². The summed E-state index contributed by atoms with van der Waals surface area (Å²) < 4.78 is 5.72. The first-order chi connectivity index (χ1) is 15.3. The first-order valence-corrected chi connectivity index (χ1v) is 11.3. The number of hydrogen-bond acceptors (Lipinski definition) is 6. The highest BCUT2D eigenvalue weighted by molar-refractivity contribution is 5.79. The molecule has 0 saturated carbocycles. The Morgan fingerprint density at radius 2 is 1.77 bits per heavy atom. The zero-order chi connectivity index (χ0) is 21.6. The van der Waals surface area contributed by atoms with Crippen LogP contribution in [-0.2, 0) is 0 Å². The number of hydrogen-bond donors (Lipinski definition) is 2. The maximum atomic E-state index is 5.72. The van der Waals surface area contributed by atoms with Gasteiger partial charge >= 0.3 is 0 Å².